The van der Waals surface area contributed by atoms with E-state index in [9.17, 15) is 19.7 Å². The normalized spacial score (nSPS) is 16.5. The van der Waals surface area contributed by atoms with E-state index in [4.69, 9.17) is 9.47 Å². The fourth-order valence-corrected chi connectivity index (χ4v) is 4.58. The first-order valence-electron chi connectivity index (χ1n) is 14.1. The summed E-state index contributed by atoms with van der Waals surface area (Å²) in [6, 6.07) is 14.0. The van der Waals surface area contributed by atoms with Crippen molar-refractivity contribution >= 4 is 23.6 Å². The fraction of sp³-hybridized carbons (Fsp3) is 0.548. The molecule has 1 aliphatic heterocycles. The highest BCUT2D eigenvalue weighted by molar-refractivity contribution is 5.70. The highest BCUT2D eigenvalue weighted by Crippen LogP contribution is 2.31. The lowest BCUT2D eigenvalue weighted by Gasteiger charge is -2.37. The molecule has 2 atom stereocenters. The Bertz CT molecular complexity index is 1210. The highest BCUT2D eigenvalue weighted by Gasteiger charge is 2.32. The molecule has 0 spiro atoms. The highest BCUT2D eigenvalue weighted by atomic mass is 16.6. The molecule has 3 rings (SSSR count). The molecular formula is C31H44N4O6. The van der Waals surface area contributed by atoms with Crippen LogP contribution in [0.5, 0.6) is 0 Å². The molecule has 1 unspecified atom stereocenters. The Morgan fingerprint density at radius 2 is 1.78 bits per heavy atom. The third-order valence-corrected chi connectivity index (χ3v) is 7.20. The van der Waals surface area contributed by atoms with Crippen molar-refractivity contribution in [2.75, 3.05) is 18.4 Å². The molecule has 2 amide bonds. The number of nitro groups is 1. The van der Waals surface area contributed by atoms with Crippen LogP contribution >= 0.6 is 0 Å². The molecule has 10 nitrogen and oxygen atoms in total. The van der Waals surface area contributed by atoms with Crippen LogP contribution in [0, 0.1) is 15.5 Å². The summed E-state index contributed by atoms with van der Waals surface area (Å²) in [6.07, 6.45) is 0.655. The number of piperidine rings is 1. The van der Waals surface area contributed by atoms with Gasteiger partial charge in [0.15, 0.2) is 0 Å². The maximum absolute atomic E-state index is 13.2. The van der Waals surface area contributed by atoms with Crippen molar-refractivity contribution in [1.82, 2.24) is 9.80 Å². The van der Waals surface area contributed by atoms with Crippen LogP contribution in [0.3, 0.4) is 0 Å². The summed E-state index contributed by atoms with van der Waals surface area (Å²) in [6.45, 7) is 14.8. The minimum absolute atomic E-state index is 0.0853. The topological polar surface area (TPSA) is 114 Å². The number of anilines is 1. The first-order chi connectivity index (χ1) is 19.1. The van der Waals surface area contributed by atoms with Crippen LogP contribution in [0.15, 0.2) is 48.5 Å². The van der Waals surface area contributed by atoms with E-state index in [1.54, 1.807) is 21.9 Å². The Labute approximate surface area is 243 Å². The number of amides is 2. The van der Waals surface area contributed by atoms with Crippen LogP contribution < -0.4 is 5.32 Å². The van der Waals surface area contributed by atoms with E-state index < -0.39 is 16.6 Å². The van der Waals surface area contributed by atoms with Crippen LogP contribution in [-0.4, -0.2) is 57.7 Å². The zero-order valence-electron chi connectivity index (χ0n) is 25.3. The van der Waals surface area contributed by atoms with E-state index >= 15 is 0 Å². The molecule has 10 heteroatoms. The predicted molar refractivity (Wildman–Crippen MR) is 159 cm³/mol. The number of nitro benzene ring substituents is 1. The van der Waals surface area contributed by atoms with Gasteiger partial charge in [0.1, 0.15) is 17.9 Å². The Morgan fingerprint density at radius 3 is 2.39 bits per heavy atom. The zero-order chi connectivity index (χ0) is 30.4. The number of hydrogen-bond donors (Lipinski definition) is 1. The fourth-order valence-electron chi connectivity index (χ4n) is 4.58. The quantitative estimate of drug-likeness (QED) is 0.270. The van der Waals surface area contributed by atoms with Gasteiger partial charge in [-0.05, 0) is 63.1 Å². The second-order valence-corrected chi connectivity index (χ2v) is 12.7. The van der Waals surface area contributed by atoms with E-state index in [1.807, 2.05) is 78.8 Å². The SMILES string of the molecule is C[C@H](N(Cc1ccc(NC2CCCN(C(=O)OC(C)(C)C)C2)c([N+](=O)[O-])c1)C(=O)OCc1ccccc1)C(C)(C)C. The average Bonchev–Trinajstić information content (AvgIpc) is 2.90. The molecule has 0 aromatic heterocycles. The molecule has 2 aromatic carbocycles. The third kappa shape index (κ3) is 9.37. The van der Waals surface area contributed by atoms with Crippen molar-refractivity contribution < 1.29 is 24.0 Å². The molecule has 1 N–H and O–H groups in total. The molecule has 1 saturated heterocycles. The zero-order valence-corrected chi connectivity index (χ0v) is 25.3. The lowest BCUT2D eigenvalue weighted by Crippen LogP contribution is -2.47. The lowest BCUT2D eigenvalue weighted by atomic mass is 9.87. The summed E-state index contributed by atoms with van der Waals surface area (Å²) in [5.74, 6) is 0. The van der Waals surface area contributed by atoms with Crippen LogP contribution in [0.25, 0.3) is 0 Å². The number of rotatable bonds is 8. The average molecular weight is 569 g/mol. The van der Waals surface area contributed by atoms with Gasteiger partial charge in [0, 0.05) is 37.8 Å². The molecule has 41 heavy (non-hydrogen) atoms. The second-order valence-electron chi connectivity index (χ2n) is 12.7. The summed E-state index contributed by atoms with van der Waals surface area (Å²) in [5.41, 5.74) is 0.936. The van der Waals surface area contributed by atoms with Crippen molar-refractivity contribution in [2.45, 2.75) is 92.1 Å². The Balaban J connectivity index is 1.76. The number of hydrogen-bond acceptors (Lipinski definition) is 7. The molecule has 224 valence electrons. The Hall–Kier alpha value is -3.82. The largest absolute Gasteiger partial charge is 0.445 e. The van der Waals surface area contributed by atoms with E-state index in [0.29, 0.717) is 24.3 Å². The van der Waals surface area contributed by atoms with Crippen molar-refractivity contribution in [2.24, 2.45) is 5.41 Å². The van der Waals surface area contributed by atoms with Gasteiger partial charge in [0.2, 0.25) is 0 Å². The number of ether oxygens (including phenoxy) is 2. The molecule has 1 fully saturated rings. The maximum atomic E-state index is 13.2. The smallest absolute Gasteiger partial charge is 0.410 e. The van der Waals surface area contributed by atoms with E-state index in [2.05, 4.69) is 5.32 Å². The minimum Gasteiger partial charge on any atom is -0.445 e. The van der Waals surface area contributed by atoms with E-state index in [1.165, 1.54) is 6.07 Å². The van der Waals surface area contributed by atoms with Crippen molar-refractivity contribution in [3.05, 3.63) is 69.8 Å². The maximum Gasteiger partial charge on any atom is 0.410 e. The number of carbonyl (C=O) groups excluding carboxylic acids is 2. The minimum atomic E-state index is -0.599. The van der Waals surface area contributed by atoms with Gasteiger partial charge in [-0.15, -0.1) is 0 Å². The van der Waals surface area contributed by atoms with Crippen LogP contribution in [0.4, 0.5) is 21.0 Å². The molecule has 0 radical (unpaired) electrons. The van der Waals surface area contributed by atoms with Crippen molar-refractivity contribution in [3.63, 3.8) is 0 Å². The molecule has 0 bridgehead atoms. The molecule has 1 aliphatic rings. The van der Waals surface area contributed by atoms with Crippen molar-refractivity contribution in [3.8, 4) is 0 Å². The van der Waals surface area contributed by atoms with Gasteiger partial charge in [-0.2, -0.15) is 0 Å². The lowest BCUT2D eigenvalue weighted by molar-refractivity contribution is -0.384. The number of nitrogens with one attached hydrogen (secondary N) is 1. The number of benzene rings is 2. The summed E-state index contributed by atoms with van der Waals surface area (Å²) in [5, 5.41) is 15.4. The summed E-state index contributed by atoms with van der Waals surface area (Å²) in [4.78, 5) is 40.7. The van der Waals surface area contributed by atoms with Gasteiger partial charge in [-0.3, -0.25) is 10.1 Å². The first-order valence-corrected chi connectivity index (χ1v) is 14.1. The van der Waals surface area contributed by atoms with Gasteiger partial charge in [0.25, 0.3) is 5.69 Å². The summed E-state index contributed by atoms with van der Waals surface area (Å²) >= 11 is 0. The van der Waals surface area contributed by atoms with E-state index in [0.717, 1.165) is 18.4 Å². The monoisotopic (exact) mass is 568 g/mol. The number of nitrogens with zero attached hydrogens (tertiary/aromatic N) is 3. The van der Waals surface area contributed by atoms with Gasteiger partial charge in [-0.25, -0.2) is 9.59 Å². The molecule has 0 aliphatic carbocycles. The van der Waals surface area contributed by atoms with Gasteiger partial charge in [-0.1, -0.05) is 57.2 Å². The van der Waals surface area contributed by atoms with Gasteiger partial charge < -0.3 is 24.6 Å². The standard InChI is InChI=1S/C31H44N4O6/c1-22(30(2,3)4)34(29(37)40-21-23-12-9-8-10-13-23)19-24-15-16-26(27(18-24)35(38)39)32-25-14-11-17-33(20-25)28(36)41-31(5,6)7/h8-10,12-13,15-16,18,22,25,32H,11,14,17,19-21H2,1-7H3/t22-,25?/m0/s1. The summed E-state index contributed by atoms with van der Waals surface area (Å²) < 4.78 is 11.1. The number of carbonyl (C=O) groups is 2. The summed E-state index contributed by atoms with van der Waals surface area (Å²) in [7, 11) is 0. The Kier molecular flexibility index (Phi) is 10.2. The van der Waals surface area contributed by atoms with Crippen molar-refractivity contribution in [1.29, 1.82) is 0 Å². The first kappa shape index (κ1) is 31.7. The van der Waals surface area contributed by atoms with Crippen LogP contribution in [-0.2, 0) is 22.6 Å². The molecule has 2 aromatic rings. The van der Waals surface area contributed by atoms with Crippen LogP contribution in [0.1, 0.15) is 72.4 Å². The molecule has 1 heterocycles. The van der Waals surface area contributed by atoms with Gasteiger partial charge in [0.05, 0.1) is 4.92 Å². The van der Waals surface area contributed by atoms with E-state index in [-0.39, 0.29) is 42.4 Å². The number of likely N-dealkylation sites (tertiary alicyclic amines) is 1. The second kappa shape index (κ2) is 13.2. The Morgan fingerprint density at radius 1 is 1.10 bits per heavy atom. The molecule has 0 saturated carbocycles. The third-order valence-electron chi connectivity index (χ3n) is 7.20. The predicted octanol–water partition coefficient (Wildman–Crippen LogP) is 6.98. The van der Waals surface area contributed by atoms with Crippen LogP contribution in [0.2, 0.25) is 0 Å². The molecular weight excluding hydrogens is 524 g/mol. The van der Waals surface area contributed by atoms with Gasteiger partial charge >= 0.3 is 12.2 Å².